The van der Waals surface area contributed by atoms with Crippen molar-refractivity contribution < 1.29 is 31.6 Å². The van der Waals surface area contributed by atoms with E-state index >= 15 is 0 Å². The quantitative estimate of drug-likeness (QED) is 0.409. The topological polar surface area (TPSA) is 65.0 Å². The van der Waals surface area contributed by atoms with Gasteiger partial charge in [0, 0.05) is 7.11 Å². The SMILES string of the molecule is COP(=O)(N=C=O)OCC(F)(F)F. The van der Waals surface area contributed by atoms with Gasteiger partial charge >= 0.3 is 13.9 Å². The van der Waals surface area contributed by atoms with E-state index in [1.165, 1.54) is 0 Å². The maximum absolute atomic E-state index is 11.5. The van der Waals surface area contributed by atoms with E-state index in [4.69, 9.17) is 0 Å². The molecule has 0 radical (unpaired) electrons. The van der Waals surface area contributed by atoms with Crippen molar-refractivity contribution in [1.29, 1.82) is 0 Å². The zero-order chi connectivity index (χ0) is 10.5. The Bertz CT molecular complexity index is 259. The van der Waals surface area contributed by atoms with Crippen molar-refractivity contribution >= 4 is 13.8 Å². The van der Waals surface area contributed by atoms with Gasteiger partial charge in [-0.25, -0.2) is 9.36 Å². The first kappa shape index (κ1) is 12.3. The van der Waals surface area contributed by atoms with Crippen LogP contribution in [0.3, 0.4) is 0 Å². The summed E-state index contributed by atoms with van der Waals surface area (Å²) in [5.41, 5.74) is 0. The average Bonchev–Trinajstić information content (AvgIpc) is 2.01. The van der Waals surface area contributed by atoms with E-state index in [0.717, 1.165) is 13.2 Å². The van der Waals surface area contributed by atoms with Crippen LogP contribution in [0.25, 0.3) is 0 Å². The maximum atomic E-state index is 11.5. The number of hydrogen-bond donors (Lipinski definition) is 0. The van der Waals surface area contributed by atoms with Crippen LogP contribution in [0.15, 0.2) is 4.76 Å². The van der Waals surface area contributed by atoms with E-state index in [1.807, 2.05) is 0 Å². The molecule has 0 saturated carbocycles. The van der Waals surface area contributed by atoms with E-state index in [-0.39, 0.29) is 0 Å². The highest BCUT2D eigenvalue weighted by Gasteiger charge is 2.34. The fourth-order valence-corrected chi connectivity index (χ4v) is 0.981. The van der Waals surface area contributed by atoms with Gasteiger partial charge in [-0.1, -0.05) is 4.76 Å². The third kappa shape index (κ3) is 5.54. The lowest BCUT2D eigenvalue weighted by molar-refractivity contribution is -0.155. The van der Waals surface area contributed by atoms with Crippen molar-refractivity contribution in [3.8, 4) is 0 Å². The minimum atomic E-state index is -4.66. The molecule has 5 nitrogen and oxygen atoms in total. The van der Waals surface area contributed by atoms with Crippen LogP contribution in [-0.2, 0) is 18.4 Å². The summed E-state index contributed by atoms with van der Waals surface area (Å²) in [5, 5.41) is 0. The van der Waals surface area contributed by atoms with Gasteiger partial charge in [-0.15, -0.1) is 0 Å². The van der Waals surface area contributed by atoms with Gasteiger partial charge in [0.15, 0.2) is 6.61 Å². The molecule has 0 aromatic heterocycles. The molecule has 1 atom stereocenters. The summed E-state index contributed by atoms with van der Waals surface area (Å²) in [4.78, 5) is 9.60. The second kappa shape index (κ2) is 4.53. The first-order valence-corrected chi connectivity index (χ1v) is 4.29. The summed E-state index contributed by atoms with van der Waals surface area (Å²) in [7, 11) is -3.51. The molecule has 76 valence electrons. The lowest BCUT2D eigenvalue weighted by atomic mass is 10.7. The fourth-order valence-electron chi connectivity index (χ4n) is 0.327. The molecule has 0 aliphatic rings. The molecule has 0 saturated heterocycles. The van der Waals surface area contributed by atoms with E-state index in [0.29, 0.717) is 0 Å². The second-order valence-corrected chi connectivity index (χ2v) is 3.49. The van der Waals surface area contributed by atoms with Crippen LogP contribution in [0, 0.1) is 0 Å². The Morgan fingerprint density at radius 1 is 1.54 bits per heavy atom. The van der Waals surface area contributed by atoms with Crippen molar-refractivity contribution in [2.75, 3.05) is 13.7 Å². The number of halogens is 3. The molecule has 0 amide bonds. The van der Waals surface area contributed by atoms with Crippen molar-refractivity contribution in [2.24, 2.45) is 4.76 Å². The molecule has 0 aliphatic heterocycles. The summed E-state index contributed by atoms with van der Waals surface area (Å²) in [6, 6.07) is 0. The molecule has 0 aromatic rings. The number of rotatable bonds is 4. The molecule has 0 rings (SSSR count). The van der Waals surface area contributed by atoms with Crippen LogP contribution in [0.5, 0.6) is 0 Å². The monoisotopic (exact) mass is 219 g/mol. The zero-order valence-electron chi connectivity index (χ0n) is 6.37. The first-order valence-electron chi connectivity index (χ1n) is 2.79. The Labute approximate surface area is 71.1 Å². The van der Waals surface area contributed by atoms with Crippen molar-refractivity contribution in [1.82, 2.24) is 0 Å². The van der Waals surface area contributed by atoms with Crippen LogP contribution < -0.4 is 0 Å². The van der Waals surface area contributed by atoms with Crippen LogP contribution in [0.4, 0.5) is 13.2 Å². The molecular weight excluding hydrogens is 214 g/mol. The summed E-state index contributed by atoms with van der Waals surface area (Å²) in [5.74, 6) is 0. The van der Waals surface area contributed by atoms with Gasteiger partial charge in [-0.3, -0.25) is 9.05 Å². The first-order chi connectivity index (χ1) is 5.83. The van der Waals surface area contributed by atoms with Crippen molar-refractivity contribution in [3.63, 3.8) is 0 Å². The highest BCUT2D eigenvalue weighted by atomic mass is 31.2. The summed E-state index contributed by atoms with van der Waals surface area (Å²) >= 11 is 0. The fraction of sp³-hybridized carbons (Fsp3) is 0.750. The van der Waals surface area contributed by atoms with E-state index < -0.39 is 20.5 Å². The largest absolute Gasteiger partial charge is 0.464 e. The predicted molar refractivity (Wildman–Crippen MR) is 34.7 cm³/mol. The number of nitrogens with zero attached hydrogens (tertiary/aromatic N) is 1. The molecule has 9 heteroatoms. The second-order valence-electron chi connectivity index (χ2n) is 1.73. The van der Waals surface area contributed by atoms with Crippen molar-refractivity contribution in [3.05, 3.63) is 0 Å². The summed E-state index contributed by atoms with van der Waals surface area (Å²) in [6.45, 7) is -1.80. The lowest BCUT2D eigenvalue weighted by Crippen LogP contribution is -2.15. The maximum Gasteiger partial charge on any atom is 0.464 e. The number of alkyl halides is 3. The van der Waals surface area contributed by atoms with Crippen LogP contribution >= 0.6 is 7.75 Å². The summed E-state index contributed by atoms with van der Waals surface area (Å²) < 4.78 is 55.6. The number of hydrogen-bond acceptors (Lipinski definition) is 4. The van der Waals surface area contributed by atoms with E-state index in [1.54, 1.807) is 0 Å². The molecular formula is C4H5F3NO4P. The van der Waals surface area contributed by atoms with Crippen LogP contribution in [0.2, 0.25) is 0 Å². The Morgan fingerprint density at radius 2 is 2.08 bits per heavy atom. The van der Waals surface area contributed by atoms with Gasteiger partial charge in [0.2, 0.25) is 6.08 Å². The normalized spacial score (nSPS) is 16.0. The van der Waals surface area contributed by atoms with E-state index in [2.05, 4.69) is 13.8 Å². The minimum Gasteiger partial charge on any atom is -0.294 e. The average molecular weight is 219 g/mol. The van der Waals surface area contributed by atoms with E-state index in [9.17, 15) is 22.5 Å². The number of isocyanates is 1. The minimum absolute atomic E-state index is 0.790. The molecule has 13 heavy (non-hydrogen) atoms. The third-order valence-corrected chi connectivity index (χ3v) is 2.03. The lowest BCUT2D eigenvalue weighted by Gasteiger charge is -2.10. The highest BCUT2D eigenvalue weighted by molar-refractivity contribution is 7.52. The molecule has 0 N–H and O–H groups in total. The molecule has 0 aromatic carbocycles. The third-order valence-electron chi connectivity index (χ3n) is 0.785. The predicted octanol–water partition coefficient (Wildman–Crippen LogP) is 1.66. The van der Waals surface area contributed by atoms with Gasteiger partial charge in [0.25, 0.3) is 0 Å². The molecule has 0 bridgehead atoms. The van der Waals surface area contributed by atoms with Crippen LogP contribution in [0.1, 0.15) is 0 Å². The van der Waals surface area contributed by atoms with Gasteiger partial charge in [0.1, 0.15) is 0 Å². The molecule has 0 spiro atoms. The smallest absolute Gasteiger partial charge is 0.294 e. The van der Waals surface area contributed by atoms with Crippen molar-refractivity contribution in [2.45, 2.75) is 6.18 Å². The zero-order valence-corrected chi connectivity index (χ0v) is 7.26. The Balaban J connectivity index is 4.31. The van der Waals surface area contributed by atoms with Gasteiger partial charge in [-0.2, -0.15) is 13.2 Å². The molecule has 0 aliphatic carbocycles. The highest BCUT2D eigenvalue weighted by Crippen LogP contribution is 2.49. The van der Waals surface area contributed by atoms with Gasteiger partial charge in [-0.05, 0) is 0 Å². The Morgan fingerprint density at radius 3 is 2.38 bits per heavy atom. The molecule has 0 heterocycles. The standard InChI is InChI=1S/C4H5F3NO4P/c1-11-13(10,8-3-9)12-2-4(5,6)7/h2H2,1H3. The van der Waals surface area contributed by atoms with Gasteiger partial charge in [0.05, 0.1) is 0 Å². The summed E-state index contributed by atoms with van der Waals surface area (Å²) in [6.07, 6.45) is -3.87. The molecule has 0 fully saturated rings. The number of carbonyl (C=O) groups excluding carboxylic acids is 1. The van der Waals surface area contributed by atoms with Crippen LogP contribution in [-0.4, -0.2) is 26.0 Å². The molecule has 1 unspecified atom stereocenters. The van der Waals surface area contributed by atoms with Gasteiger partial charge < -0.3 is 0 Å². The Kier molecular flexibility index (Phi) is 4.29. The Hall–Kier alpha value is -0.680.